The molecule has 0 aliphatic carbocycles. The van der Waals surface area contributed by atoms with Gasteiger partial charge in [0.1, 0.15) is 7.85 Å². The van der Waals surface area contributed by atoms with Gasteiger partial charge >= 0.3 is 6.18 Å². The Balaban J connectivity index is 1.99. The normalized spacial score (nSPS) is 16.2. The predicted molar refractivity (Wildman–Crippen MR) is 116 cm³/mol. The van der Waals surface area contributed by atoms with Gasteiger partial charge in [0, 0.05) is 48.1 Å². The minimum Gasteiger partial charge on any atom is -0.368 e. The van der Waals surface area contributed by atoms with Crippen molar-refractivity contribution in [1.29, 1.82) is 0 Å². The highest BCUT2D eigenvalue weighted by Crippen LogP contribution is 2.45. The van der Waals surface area contributed by atoms with Gasteiger partial charge in [-0.15, -0.1) is 0 Å². The zero-order chi connectivity index (χ0) is 24.1. The van der Waals surface area contributed by atoms with Gasteiger partial charge in [-0.25, -0.2) is 0 Å². The number of carbonyl (C=O) groups excluding carboxylic acids is 1. The molecule has 0 saturated carbocycles. The summed E-state index contributed by atoms with van der Waals surface area (Å²) in [6.45, 7) is 1.83. The average Bonchev–Trinajstić information content (AvgIpc) is 3.40. The summed E-state index contributed by atoms with van der Waals surface area (Å²) in [7, 11) is 5.83. The van der Waals surface area contributed by atoms with Crippen LogP contribution in [0.3, 0.4) is 0 Å². The van der Waals surface area contributed by atoms with Crippen LogP contribution in [0, 0.1) is 17.0 Å². The third-order valence-electron chi connectivity index (χ3n) is 5.98. The monoisotopic (exact) mass is 457 g/mol. The number of amides is 1. The van der Waals surface area contributed by atoms with Crippen LogP contribution in [0.5, 0.6) is 0 Å². The van der Waals surface area contributed by atoms with E-state index in [9.17, 15) is 33.2 Å². The highest BCUT2D eigenvalue weighted by atomic mass is 19.4. The molecule has 1 aliphatic rings. The van der Waals surface area contributed by atoms with Crippen LogP contribution in [0.2, 0.25) is 0 Å². The summed E-state index contributed by atoms with van der Waals surface area (Å²) in [6.07, 6.45) is -3.15. The third kappa shape index (κ3) is 3.66. The van der Waals surface area contributed by atoms with Crippen molar-refractivity contribution in [2.75, 3.05) is 13.1 Å². The molecule has 11 heteroatoms. The number of nitrogens with zero attached hydrogens (tertiary/aromatic N) is 3. The Labute approximate surface area is 188 Å². The predicted octanol–water partition coefficient (Wildman–Crippen LogP) is 3.01. The maximum atomic E-state index is 14.3. The third-order valence-corrected chi connectivity index (χ3v) is 5.98. The number of likely N-dealkylation sites (tertiary alicyclic amines) is 1. The van der Waals surface area contributed by atoms with E-state index >= 15 is 0 Å². The highest BCUT2D eigenvalue weighted by molar-refractivity contribution is 6.33. The average molecular weight is 457 g/mol. The molecule has 2 aromatic carbocycles. The van der Waals surface area contributed by atoms with E-state index in [1.54, 1.807) is 6.92 Å². The Morgan fingerprint density at radius 2 is 1.82 bits per heavy atom. The molecule has 3 aromatic rings. The summed E-state index contributed by atoms with van der Waals surface area (Å²) in [5.74, 6) is -1.44. The Kier molecular flexibility index (Phi) is 5.48. The molecule has 1 saturated heterocycles. The van der Waals surface area contributed by atoms with Crippen molar-refractivity contribution < 1.29 is 28.0 Å². The van der Waals surface area contributed by atoms with E-state index < -0.39 is 28.2 Å². The molecule has 170 valence electrons. The van der Waals surface area contributed by atoms with Crippen molar-refractivity contribution in [3.63, 3.8) is 0 Å². The van der Waals surface area contributed by atoms with E-state index in [4.69, 9.17) is 7.85 Å². The fourth-order valence-corrected chi connectivity index (χ4v) is 4.30. The number of carbonyl (C=O) groups is 1. The second kappa shape index (κ2) is 7.91. The van der Waals surface area contributed by atoms with Gasteiger partial charge in [0.2, 0.25) is 0 Å². The standard InChI is InChI=1S/C22H19BF3N3O4/c1-13-10-15(29(32)33)5-7-18(13)28-12-17(16-11-14(23)4-6-19(16)28)21(31,22(24,25)26)20(30)27-8-2-3-9-27/h4-7,10-12,31H,2-3,8-9H2,1H3. The molecular formula is C22H19BF3N3O4. The van der Waals surface area contributed by atoms with Crippen LogP contribution in [0.25, 0.3) is 16.6 Å². The highest BCUT2D eigenvalue weighted by Gasteiger charge is 2.63. The second-order valence-corrected chi connectivity index (χ2v) is 8.12. The lowest BCUT2D eigenvalue weighted by atomic mass is 9.88. The van der Waals surface area contributed by atoms with Crippen LogP contribution >= 0.6 is 0 Å². The molecule has 4 rings (SSSR count). The lowest BCUT2D eigenvalue weighted by molar-refractivity contribution is -0.384. The number of rotatable bonds is 4. The zero-order valence-electron chi connectivity index (χ0n) is 17.6. The van der Waals surface area contributed by atoms with Crippen molar-refractivity contribution in [3.05, 3.63) is 63.8 Å². The first-order chi connectivity index (χ1) is 15.4. The summed E-state index contributed by atoms with van der Waals surface area (Å²) in [5, 5.41) is 22.1. The number of benzene rings is 2. The van der Waals surface area contributed by atoms with Gasteiger partial charge in [-0.05, 0) is 37.5 Å². The molecule has 1 amide bonds. The van der Waals surface area contributed by atoms with Crippen molar-refractivity contribution in [3.8, 4) is 5.69 Å². The summed E-state index contributed by atoms with van der Waals surface area (Å²) in [5.41, 5.74) is -3.41. The number of fused-ring (bicyclic) bond motifs is 1. The SMILES string of the molecule is [B]c1ccc2c(c1)c(C(O)(C(=O)N1CCCC1)C(F)(F)F)cn2-c1ccc([N+](=O)[O-])cc1C. The van der Waals surface area contributed by atoms with Crippen LogP contribution < -0.4 is 5.46 Å². The van der Waals surface area contributed by atoms with Crippen LogP contribution in [0.15, 0.2) is 42.6 Å². The summed E-state index contributed by atoms with van der Waals surface area (Å²) in [6, 6.07) is 8.17. The van der Waals surface area contributed by atoms with Crippen LogP contribution in [0.4, 0.5) is 18.9 Å². The number of aryl methyl sites for hydroxylation is 1. The van der Waals surface area contributed by atoms with Gasteiger partial charge in [0.05, 0.1) is 10.4 Å². The Morgan fingerprint density at radius 1 is 1.15 bits per heavy atom. The second-order valence-electron chi connectivity index (χ2n) is 8.12. The fraction of sp³-hybridized carbons (Fsp3) is 0.318. The molecule has 1 atom stereocenters. The molecule has 2 radical (unpaired) electrons. The van der Waals surface area contributed by atoms with Gasteiger partial charge < -0.3 is 14.6 Å². The molecular weight excluding hydrogens is 438 g/mol. The van der Waals surface area contributed by atoms with E-state index in [2.05, 4.69) is 0 Å². The van der Waals surface area contributed by atoms with Gasteiger partial charge in [0.15, 0.2) is 0 Å². The van der Waals surface area contributed by atoms with E-state index in [1.165, 1.54) is 41.0 Å². The lowest BCUT2D eigenvalue weighted by Gasteiger charge is -2.32. The molecule has 33 heavy (non-hydrogen) atoms. The van der Waals surface area contributed by atoms with Gasteiger partial charge in [-0.3, -0.25) is 14.9 Å². The van der Waals surface area contributed by atoms with Crippen LogP contribution in [-0.2, 0) is 10.4 Å². The van der Waals surface area contributed by atoms with E-state index in [0.29, 0.717) is 24.1 Å². The molecule has 1 aliphatic heterocycles. The zero-order valence-corrected chi connectivity index (χ0v) is 17.6. The van der Waals surface area contributed by atoms with Crippen molar-refractivity contribution in [2.45, 2.75) is 31.5 Å². The van der Waals surface area contributed by atoms with Gasteiger partial charge in [-0.2, -0.15) is 13.2 Å². The number of non-ortho nitro benzene ring substituents is 1. The molecule has 1 N–H and O–H groups in total. The quantitative estimate of drug-likeness (QED) is 0.371. The summed E-state index contributed by atoms with van der Waals surface area (Å²) >= 11 is 0. The maximum absolute atomic E-state index is 14.3. The minimum atomic E-state index is -5.30. The number of nitro groups is 1. The topological polar surface area (TPSA) is 88.6 Å². The van der Waals surface area contributed by atoms with Crippen molar-refractivity contribution in [2.24, 2.45) is 0 Å². The molecule has 2 heterocycles. The first-order valence-corrected chi connectivity index (χ1v) is 10.2. The Bertz CT molecular complexity index is 1270. The van der Waals surface area contributed by atoms with Crippen LogP contribution in [-0.4, -0.2) is 52.5 Å². The summed E-state index contributed by atoms with van der Waals surface area (Å²) in [4.78, 5) is 24.5. The smallest absolute Gasteiger partial charge is 0.368 e. The number of halogens is 3. The maximum Gasteiger partial charge on any atom is 0.430 e. The van der Waals surface area contributed by atoms with Crippen molar-refractivity contribution in [1.82, 2.24) is 9.47 Å². The number of nitro benzene ring substituents is 1. The van der Waals surface area contributed by atoms with E-state index in [0.717, 1.165) is 11.1 Å². The first kappa shape index (κ1) is 22.8. The Morgan fingerprint density at radius 3 is 2.39 bits per heavy atom. The fourth-order valence-electron chi connectivity index (χ4n) is 4.30. The largest absolute Gasteiger partial charge is 0.430 e. The first-order valence-electron chi connectivity index (χ1n) is 10.2. The molecule has 1 fully saturated rings. The molecule has 1 unspecified atom stereocenters. The number of hydrogen-bond donors (Lipinski definition) is 1. The molecule has 1 aromatic heterocycles. The number of aliphatic hydroxyl groups is 1. The number of hydrogen-bond acceptors (Lipinski definition) is 4. The number of alkyl halides is 3. The lowest BCUT2D eigenvalue weighted by Crippen LogP contribution is -2.55. The van der Waals surface area contributed by atoms with E-state index in [-0.39, 0.29) is 35.1 Å². The minimum absolute atomic E-state index is 0.0416. The van der Waals surface area contributed by atoms with E-state index in [1.807, 2.05) is 0 Å². The summed E-state index contributed by atoms with van der Waals surface area (Å²) < 4.78 is 44.4. The van der Waals surface area contributed by atoms with Gasteiger partial charge in [-0.1, -0.05) is 17.6 Å². The van der Waals surface area contributed by atoms with Gasteiger partial charge in [0.25, 0.3) is 17.2 Å². The van der Waals surface area contributed by atoms with Crippen molar-refractivity contribution >= 4 is 35.8 Å². The van der Waals surface area contributed by atoms with Crippen LogP contribution in [0.1, 0.15) is 24.0 Å². The molecule has 0 spiro atoms. The molecule has 7 nitrogen and oxygen atoms in total. The molecule has 0 bridgehead atoms. The number of aromatic nitrogens is 1. The Hall–Kier alpha value is -3.34.